The molecule has 0 spiro atoms. The van der Waals surface area contributed by atoms with Crippen LogP contribution in [0.3, 0.4) is 0 Å². The number of aromatic nitrogens is 6. The van der Waals surface area contributed by atoms with Crippen LogP contribution in [0.1, 0.15) is 33.7 Å². The summed E-state index contributed by atoms with van der Waals surface area (Å²) < 4.78 is 79.1. The summed E-state index contributed by atoms with van der Waals surface area (Å²) in [7, 11) is -3.68. The topological polar surface area (TPSA) is 134 Å². The number of fused-ring (bicyclic) bond motifs is 2. The van der Waals surface area contributed by atoms with Crippen LogP contribution >= 0.6 is 0 Å². The third kappa shape index (κ3) is 4.21. The van der Waals surface area contributed by atoms with Crippen LogP contribution in [0.15, 0.2) is 65.6 Å². The summed E-state index contributed by atoms with van der Waals surface area (Å²) in [4.78, 5) is 18.1. The van der Waals surface area contributed by atoms with Crippen LogP contribution < -0.4 is 0 Å². The van der Waals surface area contributed by atoms with Crippen molar-refractivity contribution in [3.63, 3.8) is 0 Å². The van der Waals surface area contributed by atoms with Gasteiger partial charge in [-0.15, -0.1) is 5.10 Å². The molecule has 2 atom stereocenters. The first-order valence-electron chi connectivity index (χ1n) is 12.0. The van der Waals surface area contributed by atoms with Gasteiger partial charge in [0, 0.05) is 19.3 Å². The molecule has 206 valence electrons. The fourth-order valence-electron chi connectivity index (χ4n) is 5.26. The van der Waals surface area contributed by atoms with Crippen molar-refractivity contribution in [1.29, 1.82) is 4.78 Å². The van der Waals surface area contributed by atoms with Crippen molar-refractivity contribution in [2.75, 3.05) is 13.1 Å². The van der Waals surface area contributed by atoms with E-state index in [1.54, 1.807) is 22.9 Å². The summed E-state index contributed by atoms with van der Waals surface area (Å²) in [5, 5.41) is 14.0. The lowest BCUT2D eigenvalue weighted by atomic mass is 9.65. The van der Waals surface area contributed by atoms with E-state index < -0.39 is 44.4 Å². The molecule has 6 rings (SSSR count). The van der Waals surface area contributed by atoms with Gasteiger partial charge in [0.2, 0.25) is 0 Å². The van der Waals surface area contributed by atoms with E-state index in [1.807, 2.05) is 0 Å². The lowest BCUT2D eigenvalue weighted by Crippen LogP contribution is -2.53. The highest BCUT2D eigenvalue weighted by atomic mass is 32.2. The Kier molecular flexibility index (Phi) is 5.96. The van der Waals surface area contributed by atoms with Crippen molar-refractivity contribution in [3.8, 4) is 5.69 Å². The molecule has 0 saturated carbocycles. The summed E-state index contributed by atoms with van der Waals surface area (Å²) >= 11 is 0. The largest absolute Gasteiger partial charge is 0.416 e. The third-order valence-electron chi connectivity index (χ3n) is 7.25. The van der Waals surface area contributed by atoms with Gasteiger partial charge < -0.3 is 0 Å². The van der Waals surface area contributed by atoms with Crippen molar-refractivity contribution in [2.24, 2.45) is 5.41 Å². The summed E-state index contributed by atoms with van der Waals surface area (Å²) in [6.07, 6.45) is 0.889. The molecule has 4 heterocycles. The number of aromatic amines is 1. The van der Waals surface area contributed by atoms with Crippen molar-refractivity contribution in [3.05, 3.63) is 88.9 Å². The second-order valence-electron chi connectivity index (χ2n) is 9.58. The van der Waals surface area contributed by atoms with E-state index in [4.69, 9.17) is 4.78 Å². The summed E-state index contributed by atoms with van der Waals surface area (Å²) in [6.45, 7) is -0.113. The minimum atomic E-state index is -4.69. The number of ketones is 1. The van der Waals surface area contributed by atoms with Crippen LogP contribution in [-0.4, -0.2) is 57.6 Å². The number of halogens is 4. The molecule has 10 nitrogen and oxygen atoms in total. The number of nitrogens with one attached hydrogen (secondary N) is 2. The number of benzene rings is 1. The normalized spacial score (nSPS) is 20.8. The Bertz CT molecular complexity index is 1750. The molecule has 1 aromatic carbocycles. The van der Waals surface area contributed by atoms with Crippen LogP contribution in [-0.2, 0) is 22.5 Å². The Morgan fingerprint density at radius 3 is 2.62 bits per heavy atom. The van der Waals surface area contributed by atoms with Crippen LogP contribution in [0.25, 0.3) is 11.8 Å². The number of alkyl halides is 3. The predicted molar refractivity (Wildman–Crippen MR) is 133 cm³/mol. The average Bonchev–Trinajstić information content (AvgIpc) is 3.62. The Balaban J connectivity index is 1.47. The summed E-state index contributed by atoms with van der Waals surface area (Å²) in [5.74, 6) is -1.11. The van der Waals surface area contributed by atoms with E-state index in [0.717, 1.165) is 18.5 Å². The molecule has 0 radical (unpaired) electrons. The van der Waals surface area contributed by atoms with Gasteiger partial charge in [0.1, 0.15) is 11.5 Å². The molecule has 1 fully saturated rings. The quantitative estimate of drug-likeness (QED) is 0.274. The Labute approximate surface area is 224 Å². The molecule has 0 amide bonds. The highest BCUT2D eigenvalue weighted by molar-refractivity contribution is 7.90. The number of hydrogen-bond acceptors (Lipinski definition) is 7. The van der Waals surface area contributed by atoms with Crippen LogP contribution in [0, 0.1) is 16.0 Å². The molecule has 2 aliphatic rings. The van der Waals surface area contributed by atoms with Crippen molar-refractivity contribution in [2.45, 2.75) is 24.0 Å². The minimum Gasteiger partial charge on any atom is -0.291 e. The second-order valence-corrected chi connectivity index (χ2v) is 11.6. The maximum absolute atomic E-state index is 14.2. The lowest BCUT2D eigenvalue weighted by molar-refractivity contribution is -0.137. The maximum Gasteiger partial charge on any atom is 0.416 e. The number of rotatable bonds is 5. The van der Waals surface area contributed by atoms with Gasteiger partial charge in [-0.05, 0) is 60.9 Å². The number of H-pyrrole nitrogens is 1. The molecule has 3 aromatic heterocycles. The number of Topliss-reactive ketones (excluding diaryl/α,β-unsaturated/α-hetero) is 1. The molecular weight excluding hydrogens is 552 g/mol. The molecule has 1 saturated heterocycles. The van der Waals surface area contributed by atoms with Crippen LogP contribution in [0.2, 0.25) is 0 Å². The van der Waals surface area contributed by atoms with E-state index >= 15 is 0 Å². The smallest absolute Gasteiger partial charge is 0.291 e. The molecular formula is C25H20F4N8O2S. The number of piperidine rings is 1. The fraction of sp³-hybridized carbons (Fsp3) is 0.240. The van der Waals surface area contributed by atoms with Gasteiger partial charge in [-0.3, -0.25) is 9.78 Å². The zero-order valence-electron chi connectivity index (χ0n) is 20.5. The number of carbonyl (C=O) groups excluding carboxylic acids is 1. The first-order chi connectivity index (χ1) is 19.0. The fourth-order valence-corrected chi connectivity index (χ4v) is 6.63. The molecule has 4 aromatic rings. The predicted octanol–water partition coefficient (Wildman–Crippen LogP) is 4.08. The Morgan fingerprint density at radius 1 is 1.15 bits per heavy atom. The highest BCUT2D eigenvalue weighted by Crippen LogP contribution is 2.47. The van der Waals surface area contributed by atoms with E-state index in [1.165, 1.54) is 22.6 Å². The van der Waals surface area contributed by atoms with E-state index in [-0.39, 0.29) is 31.0 Å². The highest BCUT2D eigenvalue weighted by Gasteiger charge is 2.51. The third-order valence-corrected chi connectivity index (χ3v) is 9.05. The lowest BCUT2D eigenvalue weighted by Gasteiger charge is -2.45. The summed E-state index contributed by atoms with van der Waals surface area (Å²) in [6, 6.07) is 7.18. The van der Waals surface area contributed by atoms with Crippen molar-refractivity contribution >= 4 is 21.8 Å². The standard InChI is InChI=1S/C25H20F4N8O2S/c26-18-1-3-19(4-2-18)37-21-10-16-6-8-36(40(30,39)22-13-32-35-34-22)14-24(16,11-15(21)12-33-37)23(38)20-9-17(5-7-31-20)25(27,28)29/h1-5,7,9-10,12-13,30H,6,8,11,14H2,(H,32,34,35)/t24-,40?/m0/s1. The van der Waals surface area contributed by atoms with E-state index in [0.29, 0.717) is 28.6 Å². The number of hydrogen-bond donors (Lipinski definition) is 2. The zero-order valence-corrected chi connectivity index (χ0v) is 21.3. The monoisotopic (exact) mass is 572 g/mol. The SMILES string of the molecule is N=S(=O)(c1cn[nH]n1)N1CCC2=Cc3c(cnn3-c3ccc(F)cc3)C[C@]2(C(=O)c2cc(C(F)(F)F)ccn2)C1. The van der Waals surface area contributed by atoms with Gasteiger partial charge in [-0.2, -0.15) is 28.6 Å². The molecule has 1 aliphatic carbocycles. The number of nitrogens with zero attached hydrogens (tertiary/aromatic N) is 6. The average molecular weight is 573 g/mol. The Morgan fingerprint density at radius 2 is 1.93 bits per heavy atom. The zero-order chi connectivity index (χ0) is 28.3. The van der Waals surface area contributed by atoms with Gasteiger partial charge in [-0.25, -0.2) is 22.4 Å². The molecule has 1 unspecified atom stereocenters. The van der Waals surface area contributed by atoms with Gasteiger partial charge in [0.15, 0.2) is 20.7 Å². The maximum atomic E-state index is 14.2. The summed E-state index contributed by atoms with van der Waals surface area (Å²) in [5.41, 5.74) is -0.489. The molecule has 40 heavy (non-hydrogen) atoms. The van der Waals surface area contributed by atoms with Crippen LogP contribution in [0.4, 0.5) is 17.6 Å². The first-order valence-corrected chi connectivity index (χ1v) is 13.5. The molecule has 15 heteroatoms. The first kappa shape index (κ1) is 26.0. The van der Waals surface area contributed by atoms with Crippen molar-refractivity contribution < 1.29 is 26.6 Å². The van der Waals surface area contributed by atoms with Crippen LogP contribution in [0.5, 0.6) is 0 Å². The van der Waals surface area contributed by atoms with E-state index in [2.05, 4.69) is 25.5 Å². The van der Waals surface area contributed by atoms with Gasteiger partial charge >= 0.3 is 6.18 Å². The minimum absolute atomic E-state index is 0.0109. The van der Waals surface area contributed by atoms with E-state index in [9.17, 15) is 26.6 Å². The number of pyridine rings is 1. The van der Waals surface area contributed by atoms with Crippen molar-refractivity contribution in [1.82, 2.24) is 34.5 Å². The van der Waals surface area contributed by atoms with Gasteiger partial charge in [-0.1, -0.05) is 5.57 Å². The van der Waals surface area contributed by atoms with Gasteiger partial charge in [0.05, 0.1) is 34.8 Å². The Hall–Kier alpha value is -4.24. The molecule has 2 N–H and O–H groups in total. The number of carbonyl (C=O) groups is 1. The molecule has 1 aliphatic heterocycles. The second kappa shape index (κ2) is 9.16. The molecule has 0 bridgehead atoms. The van der Waals surface area contributed by atoms with Gasteiger partial charge in [0.25, 0.3) is 0 Å².